The summed E-state index contributed by atoms with van der Waals surface area (Å²) in [6.45, 7) is 12.2. The van der Waals surface area contributed by atoms with E-state index in [4.69, 9.17) is 4.74 Å². The molecule has 1 N–H and O–H groups in total. The Bertz CT molecular complexity index is 758. The van der Waals surface area contributed by atoms with E-state index in [0.717, 1.165) is 6.42 Å². The summed E-state index contributed by atoms with van der Waals surface area (Å²) in [5.74, 6) is 1.40. The average molecular weight is 385 g/mol. The molecule has 0 amide bonds. The summed E-state index contributed by atoms with van der Waals surface area (Å²) in [6, 6.07) is 0. The predicted octanol–water partition coefficient (Wildman–Crippen LogP) is 5.56. The summed E-state index contributed by atoms with van der Waals surface area (Å²) in [4.78, 5) is 11.5. The van der Waals surface area contributed by atoms with Gasteiger partial charge in [-0.15, -0.1) is 0 Å². The van der Waals surface area contributed by atoms with Crippen LogP contribution in [0.3, 0.4) is 0 Å². The topological polar surface area (TPSA) is 46.5 Å². The minimum Gasteiger partial charge on any atom is -0.428 e. The minimum atomic E-state index is -1.12. The van der Waals surface area contributed by atoms with Crippen molar-refractivity contribution in [3.05, 3.63) is 35.5 Å². The molecule has 3 nitrogen and oxygen atoms in total. The summed E-state index contributed by atoms with van der Waals surface area (Å²) in [6.07, 6.45) is 14.7. The number of hydrogen-bond acceptors (Lipinski definition) is 3. The highest BCUT2D eigenvalue weighted by Gasteiger charge is 2.57. The predicted molar refractivity (Wildman–Crippen MR) is 111 cm³/mol. The van der Waals surface area contributed by atoms with Crippen molar-refractivity contribution < 1.29 is 14.6 Å². The Kier molecular flexibility index (Phi) is 4.69. The number of esters is 1. The largest absolute Gasteiger partial charge is 0.428 e. The van der Waals surface area contributed by atoms with E-state index in [9.17, 15) is 9.90 Å². The second-order valence-corrected chi connectivity index (χ2v) is 10.9. The molecular weight excluding hydrogens is 348 g/mol. The van der Waals surface area contributed by atoms with E-state index in [1.54, 1.807) is 5.57 Å². The van der Waals surface area contributed by atoms with Gasteiger partial charge in [0.05, 0.1) is 0 Å². The minimum absolute atomic E-state index is 0.0445. The summed E-state index contributed by atoms with van der Waals surface area (Å²) >= 11 is 0. The highest BCUT2D eigenvalue weighted by molar-refractivity contribution is 5.86. The lowest BCUT2D eigenvalue weighted by Gasteiger charge is -2.62. The Labute approximate surface area is 169 Å². The smallest absolute Gasteiger partial charge is 0.333 e. The van der Waals surface area contributed by atoms with E-state index in [0.29, 0.717) is 34.2 Å². The van der Waals surface area contributed by atoms with Gasteiger partial charge in [0, 0.05) is 11.6 Å². The molecule has 1 heterocycles. The van der Waals surface area contributed by atoms with Gasteiger partial charge in [0.2, 0.25) is 6.29 Å². The Morgan fingerprint density at radius 2 is 1.93 bits per heavy atom. The Balaban J connectivity index is 1.70. The molecule has 0 saturated heterocycles. The van der Waals surface area contributed by atoms with Crippen LogP contribution in [0.15, 0.2) is 35.5 Å². The zero-order valence-electron chi connectivity index (χ0n) is 18.1. The summed E-state index contributed by atoms with van der Waals surface area (Å²) in [7, 11) is 0. The molecule has 3 heteroatoms. The molecule has 2 saturated carbocycles. The number of carbonyl (C=O) groups excluding carboxylic acids is 1. The van der Waals surface area contributed by atoms with Crippen molar-refractivity contribution in [3.8, 4) is 0 Å². The van der Waals surface area contributed by atoms with E-state index >= 15 is 0 Å². The lowest BCUT2D eigenvalue weighted by Crippen LogP contribution is -2.54. The molecule has 4 rings (SSSR count). The molecule has 154 valence electrons. The number of carbonyl (C=O) groups is 1. The molecule has 4 aliphatic rings. The van der Waals surface area contributed by atoms with Gasteiger partial charge in [-0.05, 0) is 66.1 Å². The second kappa shape index (κ2) is 6.58. The molecule has 2 fully saturated rings. The van der Waals surface area contributed by atoms with Crippen LogP contribution in [0.25, 0.3) is 0 Å². The zero-order valence-corrected chi connectivity index (χ0v) is 18.1. The van der Waals surface area contributed by atoms with Gasteiger partial charge in [-0.3, -0.25) is 0 Å². The second-order valence-electron chi connectivity index (χ2n) is 10.9. The Morgan fingerprint density at radius 1 is 1.18 bits per heavy atom. The number of aliphatic hydroxyl groups is 1. The van der Waals surface area contributed by atoms with Gasteiger partial charge in [0.1, 0.15) is 0 Å². The molecule has 0 aromatic heterocycles. The molecule has 6 unspecified atom stereocenters. The first kappa shape index (κ1) is 19.9. The molecule has 6 atom stereocenters. The van der Waals surface area contributed by atoms with Crippen molar-refractivity contribution in [2.75, 3.05) is 0 Å². The van der Waals surface area contributed by atoms with Crippen molar-refractivity contribution >= 4 is 5.97 Å². The third-order valence-corrected chi connectivity index (χ3v) is 8.98. The fourth-order valence-electron chi connectivity index (χ4n) is 6.98. The maximum atomic E-state index is 11.5. The molecule has 0 bridgehead atoms. The number of ether oxygens (including phenoxy) is 1. The Hall–Kier alpha value is -1.35. The van der Waals surface area contributed by atoms with Crippen LogP contribution in [0.1, 0.15) is 73.1 Å². The van der Waals surface area contributed by atoms with E-state index in [-0.39, 0.29) is 5.41 Å². The lowest BCUT2D eigenvalue weighted by molar-refractivity contribution is -0.150. The highest BCUT2D eigenvalue weighted by atomic mass is 16.6. The molecule has 28 heavy (non-hydrogen) atoms. The van der Waals surface area contributed by atoms with E-state index in [1.165, 1.54) is 38.2 Å². The third kappa shape index (κ3) is 2.93. The molecule has 3 aliphatic carbocycles. The number of hydrogen-bond donors (Lipinski definition) is 1. The molecule has 1 aliphatic heterocycles. The average Bonchev–Trinajstić information content (AvgIpc) is 2.95. The zero-order chi connectivity index (χ0) is 20.3. The summed E-state index contributed by atoms with van der Waals surface area (Å²) in [5.41, 5.74) is 3.00. The van der Waals surface area contributed by atoms with E-state index in [2.05, 4.69) is 46.8 Å². The number of allylic oxidation sites excluding steroid dienone is 3. The van der Waals surface area contributed by atoms with Crippen LogP contribution in [0.4, 0.5) is 0 Å². The standard InChI is InChI=1S/C25H36O3/c1-16-10-13-25(5)19-7-6-12-23(2,3)18(19)8-9-20(25)24(16,4)14-11-17-15-21(26)28-22(17)27/h8,11,14-16,19-20,22,27H,6-7,9-10,12-13H2,1-5H3. The third-order valence-electron chi connectivity index (χ3n) is 8.98. The van der Waals surface area contributed by atoms with Crippen LogP contribution in [0.5, 0.6) is 0 Å². The van der Waals surface area contributed by atoms with Crippen LogP contribution in [-0.2, 0) is 9.53 Å². The number of fused-ring (bicyclic) bond motifs is 3. The van der Waals surface area contributed by atoms with Gasteiger partial charge in [-0.25, -0.2) is 4.79 Å². The van der Waals surface area contributed by atoms with Gasteiger partial charge < -0.3 is 9.84 Å². The first-order valence-corrected chi connectivity index (χ1v) is 11.1. The summed E-state index contributed by atoms with van der Waals surface area (Å²) < 4.78 is 4.86. The maximum absolute atomic E-state index is 11.5. The number of cyclic esters (lactones) is 1. The molecule has 0 radical (unpaired) electrons. The summed E-state index contributed by atoms with van der Waals surface area (Å²) in [5, 5.41) is 9.96. The van der Waals surface area contributed by atoms with E-state index in [1.807, 2.05) is 6.08 Å². The van der Waals surface area contributed by atoms with Crippen LogP contribution < -0.4 is 0 Å². The van der Waals surface area contributed by atoms with Crippen LogP contribution in [0, 0.1) is 34.0 Å². The van der Waals surface area contributed by atoms with Gasteiger partial charge in [0.15, 0.2) is 0 Å². The molecule has 0 aromatic carbocycles. The fourth-order valence-corrected chi connectivity index (χ4v) is 6.98. The maximum Gasteiger partial charge on any atom is 0.333 e. The SMILES string of the molecule is CC1CCC2(C)C3CCCC(C)(C)C3=CCC2C1(C)C=CC1=CC(=O)OC1O. The quantitative estimate of drug-likeness (QED) is 0.501. The number of rotatable bonds is 2. The van der Waals surface area contributed by atoms with Crippen molar-refractivity contribution in [1.82, 2.24) is 0 Å². The van der Waals surface area contributed by atoms with Crippen molar-refractivity contribution in [1.29, 1.82) is 0 Å². The van der Waals surface area contributed by atoms with Crippen LogP contribution in [-0.4, -0.2) is 17.4 Å². The van der Waals surface area contributed by atoms with E-state index < -0.39 is 12.3 Å². The lowest BCUT2D eigenvalue weighted by atomic mass is 9.43. The highest BCUT2D eigenvalue weighted by Crippen LogP contribution is 2.66. The molecular formula is C25H36O3. The molecule has 0 aromatic rings. The van der Waals surface area contributed by atoms with Crippen molar-refractivity contribution in [3.63, 3.8) is 0 Å². The monoisotopic (exact) mass is 384 g/mol. The van der Waals surface area contributed by atoms with Crippen molar-refractivity contribution in [2.45, 2.75) is 79.4 Å². The first-order chi connectivity index (χ1) is 13.1. The van der Waals surface area contributed by atoms with Crippen molar-refractivity contribution in [2.24, 2.45) is 34.0 Å². The first-order valence-electron chi connectivity index (χ1n) is 11.1. The van der Waals surface area contributed by atoms with Crippen LogP contribution >= 0.6 is 0 Å². The number of aliphatic hydroxyl groups excluding tert-OH is 1. The van der Waals surface area contributed by atoms with Crippen LogP contribution in [0.2, 0.25) is 0 Å². The van der Waals surface area contributed by atoms with Gasteiger partial charge in [-0.1, -0.05) is 64.8 Å². The van der Waals surface area contributed by atoms with Gasteiger partial charge in [0.25, 0.3) is 0 Å². The van der Waals surface area contributed by atoms with Gasteiger partial charge >= 0.3 is 5.97 Å². The normalized spacial score (nSPS) is 45.1. The van der Waals surface area contributed by atoms with Gasteiger partial charge in [-0.2, -0.15) is 0 Å². The Morgan fingerprint density at radius 3 is 2.61 bits per heavy atom. The molecule has 0 spiro atoms. The fraction of sp³-hybridized carbons (Fsp3) is 0.720.